The standard InChI is InChI=1S/C24H16N2O6/c1-25-16-8-5-9-17(26(30)31)21(16)15(23(25)13-6-3-2-4-7-13)12-20-24(29)22-18(28)10-14(27)11-19(22)32-20/h2-12,27-28H,1H3/b20-12-. The Morgan fingerprint density at radius 2 is 1.81 bits per heavy atom. The van der Waals surface area contributed by atoms with Crippen molar-refractivity contribution in [3.8, 4) is 28.5 Å². The highest BCUT2D eigenvalue weighted by atomic mass is 16.6. The SMILES string of the molecule is Cn1c(-c2ccccc2)c(/C=C2\Oc3cc(O)cc(O)c3C2=O)c2c([N+](=O)[O-])cccc21. The van der Waals surface area contributed by atoms with E-state index in [4.69, 9.17) is 4.74 Å². The molecule has 0 saturated heterocycles. The fourth-order valence-electron chi connectivity index (χ4n) is 4.15. The van der Waals surface area contributed by atoms with Crippen molar-refractivity contribution in [2.24, 2.45) is 7.05 Å². The number of allylic oxidation sites excluding steroid dienone is 1. The summed E-state index contributed by atoms with van der Waals surface area (Å²) in [5.41, 5.74) is 2.37. The second-order valence-corrected chi connectivity index (χ2v) is 7.39. The number of nitrogens with zero attached hydrogens (tertiary/aromatic N) is 2. The van der Waals surface area contributed by atoms with Crippen molar-refractivity contribution < 1.29 is 24.7 Å². The van der Waals surface area contributed by atoms with Crippen LogP contribution in [0.2, 0.25) is 0 Å². The summed E-state index contributed by atoms with van der Waals surface area (Å²) in [6.45, 7) is 0. The van der Waals surface area contributed by atoms with Crippen molar-refractivity contribution in [2.75, 3.05) is 0 Å². The number of aryl methyl sites for hydroxylation is 1. The minimum Gasteiger partial charge on any atom is -0.508 e. The number of ether oxygens (including phenoxy) is 1. The van der Waals surface area contributed by atoms with Gasteiger partial charge in [0.1, 0.15) is 22.8 Å². The molecular formula is C24H16N2O6. The fraction of sp³-hybridized carbons (Fsp3) is 0.0417. The maximum atomic E-state index is 13.0. The molecule has 0 spiro atoms. The summed E-state index contributed by atoms with van der Waals surface area (Å²) < 4.78 is 7.48. The monoisotopic (exact) mass is 428 g/mol. The molecule has 1 aliphatic heterocycles. The van der Waals surface area contributed by atoms with E-state index in [1.165, 1.54) is 18.2 Å². The van der Waals surface area contributed by atoms with E-state index in [-0.39, 0.29) is 28.5 Å². The first-order valence-corrected chi connectivity index (χ1v) is 9.68. The summed E-state index contributed by atoms with van der Waals surface area (Å²) >= 11 is 0. The number of aromatic hydroxyl groups is 2. The molecule has 1 aromatic heterocycles. The summed E-state index contributed by atoms with van der Waals surface area (Å²) in [7, 11) is 1.80. The minimum absolute atomic E-state index is 0.0229. The Morgan fingerprint density at radius 3 is 2.53 bits per heavy atom. The Balaban J connectivity index is 1.82. The van der Waals surface area contributed by atoms with Crippen molar-refractivity contribution in [2.45, 2.75) is 0 Å². The van der Waals surface area contributed by atoms with Gasteiger partial charge >= 0.3 is 0 Å². The summed E-state index contributed by atoms with van der Waals surface area (Å²) in [6.07, 6.45) is 1.45. The molecule has 3 aromatic carbocycles. The van der Waals surface area contributed by atoms with Gasteiger partial charge in [-0.3, -0.25) is 14.9 Å². The van der Waals surface area contributed by atoms with E-state index in [2.05, 4.69) is 0 Å². The molecule has 158 valence electrons. The summed E-state index contributed by atoms with van der Waals surface area (Å²) in [5.74, 6) is -1.31. The smallest absolute Gasteiger partial charge is 0.279 e. The van der Waals surface area contributed by atoms with Crippen LogP contribution in [0.1, 0.15) is 15.9 Å². The number of rotatable bonds is 3. The molecule has 1 aliphatic rings. The average Bonchev–Trinajstić information content (AvgIpc) is 3.22. The zero-order chi connectivity index (χ0) is 22.6. The van der Waals surface area contributed by atoms with Gasteiger partial charge in [-0.15, -0.1) is 0 Å². The van der Waals surface area contributed by atoms with E-state index in [1.54, 1.807) is 19.2 Å². The van der Waals surface area contributed by atoms with Gasteiger partial charge in [0, 0.05) is 30.8 Å². The van der Waals surface area contributed by atoms with Crippen LogP contribution >= 0.6 is 0 Å². The predicted molar refractivity (Wildman–Crippen MR) is 118 cm³/mol. The number of aromatic nitrogens is 1. The predicted octanol–water partition coefficient (Wildman–Crippen LogP) is 4.78. The average molecular weight is 428 g/mol. The van der Waals surface area contributed by atoms with Gasteiger partial charge in [0.2, 0.25) is 5.78 Å². The minimum atomic E-state index is -0.577. The van der Waals surface area contributed by atoms with E-state index in [0.717, 1.165) is 11.6 Å². The Hall–Kier alpha value is -4.59. The number of carbonyl (C=O) groups is 1. The Bertz CT molecular complexity index is 1470. The molecule has 5 rings (SSSR count). The summed E-state index contributed by atoms with van der Waals surface area (Å²) in [5, 5.41) is 32.0. The largest absolute Gasteiger partial charge is 0.508 e. The van der Waals surface area contributed by atoms with E-state index < -0.39 is 16.5 Å². The van der Waals surface area contributed by atoms with Crippen molar-refractivity contribution in [1.29, 1.82) is 0 Å². The Labute approximate surface area is 181 Å². The van der Waals surface area contributed by atoms with Crippen LogP contribution in [-0.2, 0) is 7.05 Å². The number of carbonyl (C=O) groups excluding carboxylic acids is 1. The second-order valence-electron chi connectivity index (χ2n) is 7.39. The van der Waals surface area contributed by atoms with Crippen LogP contribution in [-0.4, -0.2) is 25.5 Å². The lowest BCUT2D eigenvalue weighted by Crippen LogP contribution is -1.99. The first-order chi connectivity index (χ1) is 15.4. The van der Waals surface area contributed by atoms with Gasteiger partial charge in [0.15, 0.2) is 5.76 Å². The molecule has 8 heteroatoms. The molecule has 0 unspecified atom stereocenters. The summed E-state index contributed by atoms with van der Waals surface area (Å²) in [4.78, 5) is 24.3. The highest BCUT2D eigenvalue weighted by molar-refractivity contribution is 6.17. The Kier molecular flexibility index (Phi) is 4.23. The lowest BCUT2D eigenvalue weighted by molar-refractivity contribution is -0.383. The van der Waals surface area contributed by atoms with Crippen LogP contribution in [0, 0.1) is 10.1 Å². The van der Waals surface area contributed by atoms with Gasteiger partial charge in [-0.2, -0.15) is 0 Å². The second kappa shape index (κ2) is 6.98. The quantitative estimate of drug-likeness (QED) is 0.276. The fourth-order valence-corrected chi connectivity index (χ4v) is 4.15. The number of hydrogen-bond donors (Lipinski definition) is 2. The van der Waals surface area contributed by atoms with E-state index >= 15 is 0 Å². The molecule has 0 fully saturated rings. The van der Waals surface area contributed by atoms with Crippen LogP contribution < -0.4 is 4.74 Å². The summed E-state index contributed by atoms with van der Waals surface area (Å²) in [6, 6.07) is 16.4. The Morgan fingerprint density at radius 1 is 1.06 bits per heavy atom. The van der Waals surface area contributed by atoms with Crippen LogP contribution in [0.4, 0.5) is 5.69 Å². The molecule has 8 nitrogen and oxygen atoms in total. The first kappa shape index (κ1) is 19.4. The van der Waals surface area contributed by atoms with Crippen LogP contribution in [0.3, 0.4) is 0 Å². The molecule has 2 N–H and O–H groups in total. The van der Waals surface area contributed by atoms with Gasteiger partial charge in [-0.25, -0.2) is 0 Å². The zero-order valence-electron chi connectivity index (χ0n) is 16.8. The lowest BCUT2D eigenvalue weighted by atomic mass is 10.0. The lowest BCUT2D eigenvalue weighted by Gasteiger charge is -2.06. The molecule has 0 amide bonds. The third kappa shape index (κ3) is 2.81. The third-order valence-electron chi connectivity index (χ3n) is 5.50. The van der Waals surface area contributed by atoms with Gasteiger partial charge in [-0.1, -0.05) is 36.4 Å². The maximum Gasteiger partial charge on any atom is 0.279 e. The molecule has 32 heavy (non-hydrogen) atoms. The number of nitro benzene ring substituents is 1. The number of nitro groups is 1. The number of fused-ring (bicyclic) bond motifs is 2. The van der Waals surface area contributed by atoms with Gasteiger partial charge in [0.25, 0.3) is 5.69 Å². The number of ketones is 1. The zero-order valence-corrected chi connectivity index (χ0v) is 16.8. The number of hydrogen-bond acceptors (Lipinski definition) is 6. The topological polar surface area (TPSA) is 115 Å². The van der Waals surface area contributed by atoms with Crippen LogP contribution in [0.5, 0.6) is 17.2 Å². The van der Waals surface area contributed by atoms with E-state index in [9.17, 15) is 25.1 Å². The maximum absolute atomic E-state index is 13.0. The molecule has 0 atom stereocenters. The van der Waals surface area contributed by atoms with E-state index in [0.29, 0.717) is 22.2 Å². The number of Topliss-reactive ketones (excluding diaryl/α,β-unsaturated/α-hetero) is 1. The van der Waals surface area contributed by atoms with Crippen LogP contribution in [0.25, 0.3) is 28.2 Å². The normalized spacial score (nSPS) is 14.0. The van der Waals surface area contributed by atoms with Crippen molar-refractivity contribution in [3.05, 3.63) is 87.7 Å². The molecular weight excluding hydrogens is 412 g/mol. The van der Waals surface area contributed by atoms with Gasteiger partial charge in [-0.05, 0) is 17.7 Å². The highest BCUT2D eigenvalue weighted by Gasteiger charge is 2.33. The molecule has 4 aromatic rings. The molecule has 0 aliphatic carbocycles. The number of benzene rings is 3. The van der Waals surface area contributed by atoms with Crippen molar-refractivity contribution in [3.63, 3.8) is 0 Å². The molecule has 2 heterocycles. The van der Waals surface area contributed by atoms with Crippen molar-refractivity contribution in [1.82, 2.24) is 4.57 Å². The number of phenols is 2. The number of phenolic OH excluding ortho intramolecular Hbond substituents is 2. The van der Waals surface area contributed by atoms with Crippen LogP contribution in [0.15, 0.2) is 66.4 Å². The van der Waals surface area contributed by atoms with Gasteiger partial charge in [0.05, 0.1) is 21.5 Å². The molecule has 0 radical (unpaired) electrons. The third-order valence-corrected chi connectivity index (χ3v) is 5.50. The van der Waals surface area contributed by atoms with Gasteiger partial charge < -0.3 is 19.5 Å². The first-order valence-electron chi connectivity index (χ1n) is 9.68. The highest BCUT2D eigenvalue weighted by Crippen LogP contribution is 2.43. The van der Waals surface area contributed by atoms with Crippen molar-refractivity contribution >= 4 is 28.4 Å². The number of non-ortho nitro benzene ring substituents is 1. The molecule has 0 saturated carbocycles. The van der Waals surface area contributed by atoms with E-state index in [1.807, 2.05) is 34.9 Å². The molecule has 0 bridgehead atoms.